The van der Waals surface area contributed by atoms with Crippen molar-refractivity contribution >= 4 is 22.4 Å². The van der Waals surface area contributed by atoms with Gasteiger partial charge in [-0.15, -0.1) is 0 Å². The highest BCUT2D eigenvalue weighted by molar-refractivity contribution is 6.30. The summed E-state index contributed by atoms with van der Waals surface area (Å²) in [6.07, 6.45) is 7.58. The molecule has 0 saturated carbocycles. The highest BCUT2D eigenvalue weighted by Gasteiger charge is 2.21. The first-order valence-corrected chi connectivity index (χ1v) is 8.07. The van der Waals surface area contributed by atoms with E-state index in [0.717, 1.165) is 35.4 Å². The lowest BCUT2D eigenvalue weighted by Crippen LogP contribution is -2.29. The summed E-state index contributed by atoms with van der Waals surface area (Å²) in [5.74, 6) is 0.363. The Balaban J connectivity index is 1.87. The molecule has 1 fully saturated rings. The summed E-state index contributed by atoms with van der Waals surface area (Å²) in [6, 6.07) is 2.29. The van der Waals surface area contributed by atoms with Crippen molar-refractivity contribution in [2.45, 2.75) is 25.8 Å². The Kier molecular flexibility index (Phi) is 3.54. The van der Waals surface area contributed by atoms with E-state index in [1.807, 2.05) is 24.8 Å². The lowest BCUT2D eigenvalue weighted by atomic mass is 9.98. The van der Waals surface area contributed by atoms with E-state index in [2.05, 4.69) is 33.4 Å². The molecule has 5 nitrogen and oxygen atoms in total. The number of halogens is 1. The van der Waals surface area contributed by atoms with Gasteiger partial charge in [0.25, 0.3) is 0 Å². The number of nitrogens with zero attached hydrogens (tertiary/aromatic N) is 4. The molecule has 0 spiro atoms. The van der Waals surface area contributed by atoms with Gasteiger partial charge in [0.2, 0.25) is 0 Å². The Hall–Kier alpha value is -1.98. The highest BCUT2D eigenvalue weighted by atomic mass is 35.5. The summed E-state index contributed by atoms with van der Waals surface area (Å²) in [5.41, 5.74) is 2.86. The molecule has 23 heavy (non-hydrogen) atoms. The maximum Gasteiger partial charge on any atom is 0.129 e. The van der Waals surface area contributed by atoms with E-state index < -0.39 is 0 Å². The number of fused-ring (bicyclic) bond motifs is 1. The predicted molar refractivity (Wildman–Crippen MR) is 89.7 cm³/mol. The van der Waals surface area contributed by atoms with Crippen LogP contribution in [0.25, 0.3) is 22.2 Å². The lowest BCUT2D eigenvalue weighted by Gasteiger charge is -2.26. The average molecular weight is 329 g/mol. The zero-order valence-electron chi connectivity index (χ0n) is 13.0. The molecule has 1 aliphatic heterocycles. The van der Waals surface area contributed by atoms with Gasteiger partial charge in [-0.3, -0.25) is 4.98 Å². The molecule has 6 heteroatoms. The zero-order valence-corrected chi connectivity index (χ0v) is 13.8. The fourth-order valence-electron chi connectivity index (χ4n) is 2.85. The Labute approximate surface area is 139 Å². The van der Waals surface area contributed by atoms with Crippen LogP contribution in [0.3, 0.4) is 0 Å². The third-order valence-electron chi connectivity index (χ3n) is 4.28. The van der Waals surface area contributed by atoms with E-state index in [-0.39, 0.29) is 0 Å². The van der Waals surface area contributed by atoms with Crippen molar-refractivity contribution < 1.29 is 4.74 Å². The van der Waals surface area contributed by atoms with Crippen LogP contribution in [0.1, 0.15) is 31.4 Å². The molecule has 4 rings (SSSR count). The molecule has 1 aliphatic rings. The SMILES string of the molecule is CC(C)c1cnc(-c2cn(C3COC3)cn2)c2cnc(Cl)cc12. The smallest absolute Gasteiger partial charge is 0.129 e. The van der Waals surface area contributed by atoms with Crippen LogP contribution >= 0.6 is 11.6 Å². The molecular weight excluding hydrogens is 312 g/mol. The number of ether oxygens (including phenoxy) is 1. The molecule has 0 atom stereocenters. The van der Waals surface area contributed by atoms with Crippen LogP contribution in [-0.2, 0) is 4.74 Å². The van der Waals surface area contributed by atoms with Crippen LogP contribution in [-0.4, -0.2) is 32.7 Å². The van der Waals surface area contributed by atoms with Crippen molar-refractivity contribution in [2.75, 3.05) is 13.2 Å². The van der Waals surface area contributed by atoms with Crippen LogP contribution in [0.4, 0.5) is 0 Å². The second-order valence-corrected chi connectivity index (χ2v) is 6.55. The summed E-state index contributed by atoms with van der Waals surface area (Å²) in [4.78, 5) is 13.4. The van der Waals surface area contributed by atoms with Gasteiger partial charge >= 0.3 is 0 Å². The molecule has 0 aromatic carbocycles. The van der Waals surface area contributed by atoms with E-state index in [0.29, 0.717) is 17.1 Å². The molecule has 0 unspecified atom stereocenters. The number of hydrogen-bond acceptors (Lipinski definition) is 4. The normalized spacial score (nSPS) is 15.3. The number of hydrogen-bond donors (Lipinski definition) is 0. The minimum absolute atomic E-state index is 0.363. The summed E-state index contributed by atoms with van der Waals surface area (Å²) in [7, 11) is 0. The Morgan fingerprint density at radius 1 is 1.17 bits per heavy atom. The van der Waals surface area contributed by atoms with Crippen molar-refractivity contribution in [3.63, 3.8) is 0 Å². The van der Waals surface area contributed by atoms with Gasteiger partial charge in [-0.1, -0.05) is 25.4 Å². The van der Waals surface area contributed by atoms with Gasteiger partial charge in [-0.2, -0.15) is 0 Å². The number of rotatable bonds is 3. The molecule has 3 aromatic heterocycles. The standard InChI is InChI=1S/C17H17ClN4O/c1-10(2)13-4-20-17(14-5-19-16(18)3-12(13)14)15-6-22(9-21-15)11-7-23-8-11/h3-6,9-11H,7-8H2,1-2H3. The van der Waals surface area contributed by atoms with Crippen LogP contribution in [0.5, 0.6) is 0 Å². The molecule has 0 amide bonds. The van der Waals surface area contributed by atoms with Gasteiger partial charge in [0.05, 0.1) is 31.3 Å². The first-order chi connectivity index (χ1) is 11.1. The summed E-state index contributed by atoms with van der Waals surface area (Å²) >= 11 is 6.10. The van der Waals surface area contributed by atoms with Gasteiger partial charge < -0.3 is 9.30 Å². The molecule has 4 heterocycles. The molecule has 3 aromatic rings. The minimum atomic E-state index is 0.363. The first-order valence-electron chi connectivity index (χ1n) is 7.69. The number of aromatic nitrogens is 4. The fourth-order valence-corrected chi connectivity index (χ4v) is 3.01. The largest absolute Gasteiger partial charge is 0.377 e. The van der Waals surface area contributed by atoms with Crippen LogP contribution in [0, 0.1) is 0 Å². The summed E-state index contributed by atoms with van der Waals surface area (Å²) in [5, 5.41) is 2.57. The average Bonchev–Trinajstić information content (AvgIpc) is 2.92. The quantitative estimate of drug-likeness (QED) is 0.685. The minimum Gasteiger partial charge on any atom is -0.377 e. The third kappa shape index (κ3) is 2.50. The van der Waals surface area contributed by atoms with Gasteiger partial charge in [0.1, 0.15) is 10.8 Å². The Morgan fingerprint density at radius 2 is 2.00 bits per heavy atom. The predicted octanol–water partition coefficient (Wildman–Crippen LogP) is 3.84. The maximum atomic E-state index is 6.10. The van der Waals surface area contributed by atoms with Crippen LogP contribution < -0.4 is 0 Å². The van der Waals surface area contributed by atoms with Crippen molar-refractivity contribution in [3.05, 3.63) is 41.7 Å². The lowest BCUT2D eigenvalue weighted by molar-refractivity contribution is -0.0233. The topological polar surface area (TPSA) is 52.8 Å². The Bertz CT molecular complexity index is 870. The third-order valence-corrected chi connectivity index (χ3v) is 4.48. The van der Waals surface area contributed by atoms with Gasteiger partial charge in [0, 0.05) is 24.0 Å². The number of imidazole rings is 1. The molecular formula is C17H17ClN4O. The van der Waals surface area contributed by atoms with Gasteiger partial charge in [-0.05, 0) is 22.9 Å². The van der Waals surface area contributed by atoms with Crippen LogP contribution in [0.2, 0.25) is 5.15 Å². The first kappa shape index (κ1) is 14.6. The molecule has 0 radical (unpaired) electrons. The monoisotopic (exact) mass is 328 g/mol. The van der Waals surface area contributed by atoms with E-state index in [4.69, 9.17) is 16.3 Å². The van der Waals surface area contributed by atoms with Crippen molar-refractivity contribution in [3.8, 4) is 11.4 Å². The van der Waals surface area contributed by atoms with Crippen LogP contribution in [0.15, 0.2) is 31.0 Å². The van der Waals surface area contributed by atoms with Crippen molar-refractivity contribution in [2.24, 2.45) is 0 Å². The number of pyridine rings is 2. The summed E-state index contributed by atoms with van der Waals surface area (Å²) < 4.78 is 7.33. The van der Waals surface area contributed by atoms with E-state index in [1.165, 1.54) is 5.56 Å². The molecule has 1 saturated heterocycles. The fraction of sp³-hybridized carbons (Fsp3) is 0.353. The summed E-state index contributed by atoms with van der Waals surface area (Å²) in [6.45, 7) is 5.78. The second kappa shape index (κ2) is 5.58. The zero-order chi connectivity index (χ0) is 16.0. The molecule has 0 bridgehead atoms. The van der Waals surface area contributed by atoms with Crippen molar-refractivity contribution in [1.29, 1.82) is 0 Å². The highest BCUT2D eigenvalue weighted by Crippen LogP contribution is 2.32. The van der Waals surface area contributed by atoms with Gasteiger partial charge in [0.15, 0.2) is 0 Å². The molecule has 0 aliphatic carbocycles. The van der Waals surface area contributed by atoms with E-state index >= 15 is 0 Å². The van der Waals surface area contributed by atoms with Crippen molar-refractivity contribution in [1.82, 2.24) is 19.5 Å². The maximum absolute atomic E-state index is 6.10. The van der Waals surface area contributed by atoms with E-state index in [1.54, 1.807) is 6.20 Å². The molecule has 0 N–H and O–H groups in total. The molecule has 118 valence electrons. The Morgan fingerprint density at radius 3 is 2.70 bits per heavy atom. The second-order valence-electron chi connectivity index (χ2n) is 6.17. The van der Waals surface area contributed by atoms with E-state index in [9.17, 15) is 0 Å². The van der Waals surface area contributed by atoms with Gasteiger partial charge in [-0.25, -0.2) is 9.97 Å².